The first-order chi connectivity index (χ1) is 9.76. The van der Waals surface area contributed by atoms with E-state index in [1.807, 2.05) is 30.0 Å². The van der Waals surface area contributed by atoms with Gasteiger partial charge in [-0.1, -0.05) is 12.1 Å². The van der Waals surface area contributed by atoms with Crippen molar-refractivity contribution in [2.24, 2.45) is 5.73 Å². The van der Waals surface area contributed by atoms with Gasteiger partial charge in [0.2, 0.25) is 5.91 Å². The molecular weight excluding hydrogens is 290 g/mol. The molecule has 0 bridgehead atoms. The van der Waals surface area contributed by atoms with Gasteiger partial charge in [0.15, 0.2) is 0 Å². The number of hydrogen-bond acceptors (Lipinski definition) is 4. The molecule has 6 heteroatoms. The fraction of sp³-hybridized carbons (Fsp3) is 0.533. The van der Waals surface area contributed by atoms with Crippen molar-refractivity contribution in [2.45, 2.75) is 13.3 Å². The van der Waals surface area contributed by atoms with Crippen LogP contribution in [0.1, 0.15) is 13.3 Å². The van der Waals surface area contributed by atoms with Crippen LogP contribution in [0.3, 0.4) is 0 Å². The van der Waals surface area contributed by atoms with Crippen molar-refractivity contribution >= 4 is 24.0 Å². The number of para-hydroxylation sites is 2. The van der Waals surface area contributed by atoms with Gasteiger partial charge in [0.25, 0.3) is 0 Å². The molecule has 0 saturated carbocycles. The second-order valence-electron chi connectivity index (χ2n) is 4.81. The standard InChI is InChI=1S/C15H23N3O2.ClH/c1-2-20-14-6-4-3-5-13(14)17-9-11-18(12-10-17)15(19)7-8-16;/h3-6H,2,7-12,16H2,1H3;1H. The molecule has 1 amide bonds. The summed E-state index contributed by atoms with van der Waals surface area (Å²) in [5.41, 5.74) is 6.54. The minimum atomic E-state index is 0. The van der Waals surface area contributed by atoms with Crippen LogP contribution in [0, 0.1) is 0 Å². The van der Waals surface area contributed by atoms with Crippen molar-refractivity contribution in [3.05, 3.63) is 24.3 Å². The van der Waals surface area contributed by atoms with E-state index in [1.165, 1.54) is 0 Å². The molecule has 1 aromatic rings. The molecule has 0 unspecified atom stereocenters. The smallest absolute Gasteiger partial charge is 0.223 e. The van der Waals surface area contributed by atoms with E-state index in [0.717, 1.165) is 37.6 Å². The average molecular weight is 314 g/mol. The third-order valence-electron chi connectivity index (χ3n) is 3.50. The van der Waals surface area contributed by atoms with Gasteiger partial charge in [-0.2, -0.15) is 0 Å². The molecule has 0 atom stereocenters. The van der Waals surface area contributed by atoms with E-state index in [-0.39, 0.29) is 18.3 Å². The maximum absolute atomic E-state index is 11.8. The van der Waals surface area contributed by atoms with Crippen molar-refractivity contribution in [1.29, 1.82) is 0 Å². The van der Waals surface area contributed by atoms with Crippen LogP contribution in [-0.2, 0) is 4.79 Å². The number of anilines is 1. The lowest BCUT2D eigenvalue weighted by molar-refractivity contribution is -0.131. The van der Waals surface area contributed by atoms with Gasteiger partial charge >= 0.3 is 0 Å². The van der Waals surface area contributed by atoms with Crippen LogP contribution in [0.2, 0.25) is 0 Å². The first-order valence-electron chi connectivity index (χ1n) is 7.21. The largest absolute Gasteiger partial charge is 0.492 e. The van der Waals surface area contributed by atoms with Crippen LogP contribution in [0.5, 0.6) is 5.75 Å². The lowest BCUT2D eigenvalue weighted by Gasteiger charge is -2.36. The van der Waals surface area contributed by atoms with Gasteiger partial charge < -0.3 is 20.3 Å². The lowest BCUT2D eigenvalue weighted by Crippen LogP contribution is -2.49. The molecule has 118 valence electrons. The topological polar surface area (TPSA) is 58.8 Å². The Morgan fingerprint density at radius 1 is 1.24 bits per heavy atom. The van der Waals surface area contributed by atoms with Gasteiger partial charge in [-0.05, 0) is 19.1 Å². The highest BCUT2D eigenvalue weighted by molar-refractivity contribution is 5.85. The number of carbonyl (C=O) groups excluding carboxylic acids is 1. The Kier molecular flexibility index (Phi) is 7.32. The summed E-state index contributed by atoms with van der Waals surface area (Å²) < 4.78 is 5.66. The van der Waals surface area contributed by atoms with Gasteiger partial charge in [0, 0.05) is 39.1 Å². The van der Waals surface area contributed by atoms with Crippen molar-refractivity contribution in [3.8, 4) is 5.75 Å². The summed E-state index contributed by atoms with van der Waals surface area (Å²) in [7, 11) is 0. The molecule has 2 N–H and O–H groups in total. The summed E-state index contributed by atoms with van der Waals surface area (Å²) in [5.74, 6) is 1.07. The zero-order valence-electron chi connectivity index (χ0n) is 12.5. The molecule has 1 aliphatic heterocycles. The summed E-state index contributed by atoms with van der Waals surface area (Å²) in [6, 6.07) is 8.06. The Morgan fingerprint density at radius 3 is 2.52 bits per heavy atom. The molecule has 5 nitrogen and oxygen atoms in total. The van der Waals surface area contributed by atoms with E-state index in [1.54, 1.807) is 0 Å². The molecule has 1 heterocycles. The summed E-state index contributed by atoms with van der Waals surface area (Å²) in [5, 5.41) is 0. The number of benzene rings is 1. The number of rotatable bonds is 5. The van der Waals surface area contributed by atoms with Gasteiger partial charge in [-0.3, -0.25) is 4.79 Å². The Labute approximate surface area is 132 Å². The first-order valence-corrected chi connectivity index (χ1v) is 7.21. The minimum Gasteiger partial charge on any atom is -0.492 e. The second-order valence-corrected chi connectivity index (χ2v) is 4.81. The molecule has 1 aliphatic rings. The molecule has 2 rings (SSSR count). The van der Waals surface area contributed by atoms with Crippen LogP contribution in [-0.4, -0.2) is 50.1 Å². The fourth-order valence-corrected chi connectivity index (χ4v) is 2.47. The molecule has 1 saturated heterocycles. The van der Waals surface area contributed by atoms with Gasteiger partial charge in [0.05, 0.1) is 12.3 Å². The molecule has 0 spiro atoms. The van der Waals surface area contributed by atoms with Crippen molar-refractivity contribution in [3.63, 3.8) is 0 Å². The number of nitrogens with zero attached hydrogens (tertiary/aromatic N) is 2. The van der Waals surface area contributed by atoms with Crippen molar-refractivity contribution in [1.82, 2.24) is 4.90 Å². The summed E-state index contributed by atoms with van der Waals surface area (Å²) in [6.45, 7) is 6.23. The van der Waals surface area contributed by atoms with Crippen LogP contribution >= 0.6 is 12.4 Å². The third-order valence-corrected chi connectivity index (χ3v) is 3.50. The molecule has 1 aromatic carbocycles. The maximum Gasteiger partial charge on any atom is 0.223 e. The van der Waals surface area contributed by atoms with Crippen LogP contribution in [0.25, 0.3) is 0 Å². The molecule has 0 radical (unpaired) electrons. The predicted octanol–water partition coefficient (Wildman–Crippen LogP) is 1.50. The first kappa shape index (κ1) is 17.6. The zero-order chi connectivity index (χ0) is 14.4. The number of ether oxygens (including phenoxy) is 1. The third kappa shape index (κ3) is 4.51. The number of halogens is 1. The Hall–Kier alpha value is -1.46. The average Bonchev–Trinajstić information content (AvgIpc) is 2.49. The minimum absolute atomic E-state index is 0. The molecule has 0 aromatic heterocycles. The van der Waals surface area contributed by atoms with Gasteiger partial charge in [-0.15, -0.1) is 12.4 Å². The number of carbonyl (C=O) groups is 1. The summed E-state index contributed by atoms with van der Waals surface area (Å²) in [6.07, 6.45) is 0.440. The van der Waals surface area contributed by atoms with Crippen LogP contribution < -0.4 is 15.4 Å². The molecule has 1 fully saturated rings. The van der Waals surface area contributed by atoms with Crippen LogP contribution in [0.4, 0.5) is 5.69 Å². The normalized spacial score (nSPS) is 14.6. The highest BCUT2D eigenvalue weighted by atomic mass is 35.5. The van der Waals surface area contributed by atoms with E-state index < -0.39 is 0 Å². The van der Waals surface area contributed by atoms with Gasteiger partial charge in [0.1, 0.15) is 5.75 Å². The molecule has 21 heavy (non-hydrogen) atoms. The Balaban J connectivity index is 0.00000220. The zero-order valence-corrected chi connectivity index (χ0v) is 13.3. The highest BCUT2D eigenvalue weighted by Gasteiger charge is 2.22. The van der Waals surface area contributed by atoms with E-state index in [2.05, 4.69) is 11.0 Å². The van der Waals surface area contributed by atoms with E-state index >= 15 is 0 Å². The SMILES string of the molecule is CCOc1ccccc1N1CCN(C(=O)CCN)CC1.Cl. The van der Waals surface area contributed by atoms with E-state index in [0.29, 0.717) is 19.6 Å². The van der Waals surface area contributed by atoms with E-state index in [4.69, 9.17) is 10.5 Å². The fourth-order valence-electron chi connectivity index (χ4n) is 2.47. The molecule has 0 aliphatic carbocycles. The van der Waals surface area contributed by atoms with Crippen molar-refractivity contribution < 1.29 is 9.53 Å². The molecular formula is C15H24ClN3O2. The summed E-state index contributed by atoms with van der Waals surface area (Å²) in [4.78, 5) is 16.0. The monoisotopic (exact) mass is 313 g/mol. The second kappa shape index (κ2) is 8.74. The highest BCUT2D eigenvalue weighted by Crippen LogP contribution is 2.28. The Bertz CT molecular complexity index is 448. The maximum atomic E-state index is 11.8. The Morgan fingerprint density at radius 2 is 1.90 bits per heavy atom. The van der Waals surface area contributed by atoms with Gasteiger partial charge in [-0.25, -0.2) is 0 Å². The quantitative estimate of drug-likeness (QED) is 0.895. The number of piperazine rings is 1. The number of hydrogen-bond donors (Lipinski definition) is 1. The number of nitrogens with two attached hydrogens (primary N) is 1. The van der Waals surface area contributed by atoms with Crippen LogP contribution in [0.15, 0.2) is 24.3 Å². The van der Waals surface area contributed by atoms with Crippen molar-refractivity contribution in [2.75, 3.05) is 44.2 Å². The predicted molar refractivity (Wildman–Crippen MR) is 87.3 cm³/mol. The lowest BCUT2D eigenvalue weighted by atomic mass is 10.2. The number of amides is 1. The van der Waals surface area contributed by atoms with E-state index in [9.17, 15) is 4.79 Å². The summed E-state index contributed by atoms with van der Waals surface area (Å²) >= 11 is 0.